The molecular formula is C16H23N3O2S. The number of aryl methyl sites for hydroxylation is 2. The van der Waals surface area contributed by atoms with Gasteiger partial charge in [-0.3, -0.25) is 9.59 Å². The third-order valence-corrected chi connectivity index (χ3v) is 5.68. The summed E-state index contributed by atoms with van der Waals surface area (Å²) in [7, 11) is 0. The number of amides is 2. The van der Waals surface area contributed by atoms with Gasteiger partial charge < -0.3 is 15.5 Å². The van der Waals surface area contributed by atoms with Crippen molar-refractivity contribution in [3.05, 3.63) is 21.4 Å². The third kappa shape index (κ3) is 3.33. The Hall–Kier alpha value is -1.40. The Balaban J connectivity index is 1.55. The van der Waals surface area contributed by atoms with Crippen LogP contribution in [-0.2, 0) is 17.6 Å². The van der Waals surface area contributed by atoms with Gasteiger partial charge in [-0.15, -0.1) is 11.3 Å². The van der Waals surface area contributed by atoms with Crippen LogP contribution in [0.2, 0.25) is 0 Å². The fraction of sp³-hybridized carbons (Fsp3) is 0.625. The van der Waals surface area contributed by atoms with Crippen molar-refractivity contribution in [2.24, 2.45) is 0 Å². The molecule has 5 nitrogen and oxygen atoms in total. The van der Waals surface area contributed by atoms with Gasteiger partial charge in [0.15, 0.2) is 0 Å². The maximum absolute atomic E-state index is 12.2. The Morgan fingerprint density at radius 3 is 3.00 bits per heavy atom. The minimum Gasteiger partial charge on any atom is -0.342 e. The van der Waals surface area contributed by atoms with E-state index in [1.807, 2.05) is 17.9 Å². The van der Waals surface area contributed by atoms with E-state index >= 15 is 0 Å². The smallest absolute Gasteiger partial charge is 0.261 e. The molecule has 1 aliphatic heterocycles. The van der Waals surface area contributed by atoms with Gasteiger partial charge in [0.2, 0.25) is 5.91 Å². The standard InChI is InChI=1S/C16H23N3O2S/c1-11-9-17-6-7-19(11)15(20)10-18-16(21)14-8-12-4-2-3-5-13(12)22-14/h8,11,17H,2-7,9-10H2,1H3,(H,18,21)/t11-/m0/s1. The van der Waals surface area contributed by atoms with E-state index in [1.54, 1.807) is 11.3 Å². The zero-order chi connectivity index (χ0) is 15.5. The highest BCUT2D eigenvalue weighted by Gasteiger charge is 2.23. The number of carbonyl (C=O) groups is 2. The number of nitrogens with one attached hydrogen (secondary N) is 2. The first-order chi connectivity index (χ1) is 10.6. The Bertz CT molecular complexity index is 546. The van der Waals surface area contributed by atoms with Crippen molar-refractivity contribution in [2.45, 2.75) is 38.6 Å². The normalized spacial score (nSPS) is 21.3. The summed E-state index contributed by atoms with van der Waals surface area (Å²) in [6, 6.07) is 2.19. The lowest BCUT2D eigenvalue weighted by Gasteiger charge is -2.34. The topological polar surface area (TPSA) is 61.4 Å². The summed E-state index contributed by atoms with van der Waals surface area (Å²) in [6.45, 7) is 4.47. The number of thiophene rings is 1. The molecule has 0 spiro atoms. The second kappa shape index (κ2) is 6.79. The highest BCUT2D eigenvalue weighted by atomic mass is 32.1. The maximum atomic E-state index is 12.2. The van der Waals surface area contributed by atoms with Gasteiger partial charge >= 0.3 is 0 Å². The molecule has 2 heterocycles. The van der Waals surface area contributed by atoms with E-state index in [1.165, 1.54) is 23.3 Å². The second-order valence-electron chi connectivity index (χ2n) is 6.09. The average Bonchev–Trinajstić information content (AvgIpc) is 2.97. The molecule has 2 N–H and O–H groups in total. The number of piperazine rings is 1. The molecule has 0 radical (unpaired) electrons. The van der Waals surface area contributed by atoms with Crippen molar-refractivity contribution < 1.29 is 9.59 Å². The van der Waals surface area contributed by atoms with Crippen LogP contribution in [0.3, 0.4) is 0 Å². The van der Waals surface area contributed by atoms with Crippen molar-refractivity contribution in [3.63, 3.8) is 0 Å². The first kappa shape index (κ1) is 15.5. The van der Waals surface area contributed by atoms with Crippen molar-refractivity contribution in [1.82, 2.24) is 15.5 Å². The Morgan fingerprint density at radius 2 is 2.23 bits per heavy atom. The molecular weight excluding hydrogens is 298 g/mol. The van der Waals surface area contributed by atoms with Gasteiger partial charge in [-0.2, -0.15) is 0 Å². The highest BCUT2D eigenvalue weighted by molar-refractivity contribution is 7.14. The molecule has 0 aromatic carbocycles. The van der Waals surface area contributed by atoms with Crippen molar-refractivity contribution >= 4 is 23.2 Å². The fourth-order valence-electron chi connectivity index (χ4n) is 3.16. The lowest BCUT2D eigenvalue weighted by atomic mass is 9.99. The predicted octanol–water partition coefficient (Wildman–Crippen LogP) is 1.18. The molecule has 0 unspecified atom stereocenters. The van der Waals surface area contributed by atoms with Crippen LogP contribution < -0.4 is 10.6 Å². The summed E-state index contributed by atoms with van der Waals surface area (Å²) in [4.78, 5) is 28.4. The quantitative estimate of drug-likeness (QED) is 0.879. The van der Waals surface area contributed by atoms with Crippen LogP contribution in [0.15, 0.2) is 6.07 Å². The van der Waals surface area contributed by atoms with Crippen LogP contribution >= 0.6 is 11.3 Å². The van der Waals surface area contributed by atoms with Crippen molar-refractivity contribution in [3.8, 4) is 0 Å². The monoisotopic (exact) mass is 321 g/mol. The number of nitrogens with zero attached hydrogens (tertiary/aromatic N) is 1. The van der Waals surface area contributed by atoms with E-state index in [0.717, 1.165) is 30.8 Å². The minimum absolute atomic E-state index is 0.00340. The van der Waals surface area contributed by atoms with E-state index in [-0.39, 0.29) is 24.4 Å². The number of hydrogen-bond donors (Lipinski definition) is 2. The highest BCUT2D eigenvalue weighted by Crippen LogP contribution is 2.29. The lowest BCUT2D eigenvalue weighted by Crippen LogP contribution is -2.54. The first-order valence-corrected chi connectivity index (χ1v) is 8.87. The summed E-state index contributed by atoms with van der Waals surface area (Å²) < 4.78 is 0. The molecule has 1 saturated heterocycles. The molecule has 6 heteroatoms. The van der Waals surface area contributed by atoms with E-state index in [2.05, 4.69) is 10.6 Å². The SMILES string of the molecule is C[C@H]1CNCCN1C(=O)CNC(=O)c1cc2c(s1)CCCC2. The van der Waals surface area contributed by atoms with Crippen LogP contribution in [-0.4, -0.2) is 48.9 Å². The van der Waals surface area contributed by atoms with Gasteiger partial charge in [-0.25, -0.2) is 0 Å². The van der Waals surface area contributed by atoms with Crippen LogP contribution in [0.5, 0.6) is 0 Å². The summed E-state index contributed by atoms with van der Waals surface area (Å²) in [5, 5.41) is 6.04. The van der Waals surface area contributed by atoms with E-state index in [4.69, 9.17) is 0 Å². The molecule has 3 rings (SSSR count). The summed E-state index contributed by atoms with van der Waals surface area (Å²) >= 11 is 1.58. The molecule has 1 atom stereocenters. The van der Waals surface area contributed by atoms with Gasteiger partial charge in [0.05, 0.1) is 11.4 Å². The number of carbonyl (C=O) groups excluding carboxylic acids is 2. The molecule has 1 aliphatic carbocycles. The lowest BCUT2D eigenvalue weighted by molar-refractivity contribution is -0.132. The summed E-state index contributed by atoms with van der Waals surface area (Å²) in [6.07, 6.45) is 4.60. The summed E-state index contributed by atoms with van der Waals surface area (Å²) in [5.41, 5.74) is 1.32. The van der Waals surface area contributed by atoms with Gasteiger partial charge in [0, 0.05) is 30.6 Å². The Labute approximate surface area is 135 Å². The zero-order valence-electron chi connectivity index (χ0n) is 13.0. The molecule has 120 valence electrons. The van der Waals surface area contributed by atoms with Gasteiger partial charge in [-0.05, 0) is 44.2 Å². The van der Waals surface area contributed by atoms with E-state index in [9.17, 15) is 9.59 Å². The molecule has 2 aliphatic rings. The predicted molar refractivity (Wildman–Crippen MR) is 87.3 cm³/mol. The van der Waals surface area contributed by atoms with Crippen LogP contribution in [0, 0.1) is 0 Å². The van der Waals surface area contributed by atoms with E-state index in [0.29, 0.717) is 6.54 Å². The minimum atomic E-state index is -0.115. The van der Waals surface area contributed by atoms with Crippen LogP contribution in [0.1, 0.15) is 39.9 Å². The Morgan fingerprint density at radius 1 is 1.41 bits per heavy atom. The third-order valence-electron chi connectivity index (χ3n) is 4.44. The molecule has 2 amide bonds. The molecule has 1 fully saturated rings. The van der Waals surface area contributed by atoms with Crippen LogP contribution in [0.4, 0.5) is 0 Å². The van der Waals surface area contributed by atoms with Crippen molar-refractivity contribution in [2.75, 3.05) is 26.2 Å². The van der Waals surface area contributed by atoms with Gasteiger partial charge in [0.25, 0.3) is 5.91 Å². The fourth-order valence-corrected chi connectivity index (χ4v) is 4.33. The summed E-state index contributed by atoms with van der Waals surface area (Å²) in [5.74, 6) is -0.112. The number of hydrogen-bond acceptors (Lipinski definition) is 4. The second-order valence-corrected chi connectivity index (χ2v) is 7.23. The Kier molecular flexibility index (Phi) is 4.78. The van der Waals surface area contributed by atoms with Gasteiger partial charge in [-0.1, -0.05) is 0 Å². The first-order valence-electron chi connectivity index (χ1n) is 8.05. The molecule has 1 aromatic rings. The largest absolute Gasteiger partial charge is 0.342 e. The van der Waals surface area contributed by atoms with E-state index < -0.39 is 0 Å². The number of rotatable bonds is 3. The van der Waals surface area contributed by atoms with Crippen molar-refractivity contribution in [1.29, 1.82) is 0 Å². The molecule has 22 heavy (non-hydrogen) atoms. The van der Waals surface area contributed by atoms with Gasteiger partial charge in [0.1, 0.15) is 0 Å². The maximum Gasteiger partial charge on any atom is 0.261 e. The average molecular weight is 321 g/mol. The number of fused-ring (bicyclic) bond motifs is 1. The zero-order valence-corrected chi connectivity index (χ0v) is 13.8. The van der Waals surface area contributed by atoms with Crippen LogP contribution in [0.25, 0.3) is 0 Å². The molecule has 0 saturated carbocycles. The molecule has 0 bridgehead atoms. The molecule has 1 aromatic heterocycles.